The Morgan fingerprint density at radius 1 is 1.10 bits per heavy atom. The molecule has 1 fully saturated rings. The van der Waals surface area contributed by atoms with Gasteiger partial charge in [-0.3, -0.25) is 0 Å². The van der Waals surface area contributed by atoms with Crippen LogP contribution in [0.3, 0.4) is 0 Å². The minimum atomic E-state index is 0.220. The molecule has 1 heterocycles. The molecule has 0 aliphatic carbocycles. The van der Waals surface area contributed by atoms with Crippen molar-refractivity contribution in [3.63, 3.8) is 0 Å². The van der Waals surface area contributed by atoms with Crippen LogP contribution in [0.25, 0.3) is 0 Å². The first-order chi connectivity index (χ1) is 10.2. The molecule has 0 saturated carbocycles. The van der Waals surface area contributed by atoms with Gasteiger partial charge in [0.25, 0.3) is 0 Å². The molecule has 0 amide bonds. The van der Waals surface area contributed by atoms with Crippen LogP contribution in [0.5, 0.6) is 11.5 Å². The predicted octanol–water partition coefficient (Wildman–Crippen LogP) is 4.03. The van der Waals surface area contributed by atoms with Gasteiger partial charge in [0.15, 0.2) is 11.5 Å². The van der Waals surface area contributed by atoms with E-state index in [-0.39, 0.29) is 6.10 Å². The van der Waals surface area contributed by atoms with Gasteiger partial charge in [0, 0.05) is 22.6 Å². The molecule has 1 saturated heterocycles. The van der Waals surface area contributed by atoms with E-state index in [1.54, 1.807) is 0 Å². The topological polar surface area (TPSA) is 30.5 Å². The first kappa shape index (κ1) is 14.7. The van der Waals surface area contributed by atoms with Gasteiger partial charge in [-0.2, -0.15) is 0 Å². The monoisotopic (exact) mass is 367 g/mol. The van der Waals surface area contributed by atoms with Crippen molar-refractivity contribution < 1.29 is 9.47 Å². The zero-order chi connectivity index (χ0) is 14.7. The van der Waals surface area contributed by atoms with Gasteiger partial charge in [-0.25, -0.2) is 0 Å². The van der Waals surface area contributed by atoms with Gasteiger partial charge in [-0.05, 0) is 35.9 Å². The van der Waals surface area contributed by atoms with Crippen molar-refractivity contribution >= 4 is 27.5 Å². The summed E-state index contributed by atoms with van der Waals surface area (Å²) in [5, 5.41) is 3.91. The normalized spacial score (nSPS) is 14.6. The Kier molecular flexibility index (Phi) is 4.68. The highest BCUT2D eigenvalue weighted by Crippen LogP contribution is 2.32. The number of rotatable bonds is 5. The molecule has 21 heavy (non-hydrogen) atoms. The molecule has 0 aromatic heterocycles. The zero-order valence-corrected chi connectivity index (χ0v) is 13.7. The van der Waals surface area contributed by atoms with Crippen LogP contribution in [0.4, 0.5) is 0 Å². The van der Waals surface area contributed by atoms with Crippen LogP contribution in [0.15, 0.2) is 46.9 Å². The third-order valence-corrected chi connectivity index (χ3v) is 4.00. The van der Waals surface area contributed by atoms with Crippen molar-refractivity contribution in [2.45, 2.75) is 12.7 Å². The van der Waals surface area contributed by atoms with Crippen molar-refractivity contribution in [3.05, 3.63) is 57.5 Å². The highest BCUT2D eigenvalue weighted by Gasteiger charge is 2.20. The van der Waals surface area contributed by atoms with Crippen LogP contribution in [-0.2, 0) is 6.61 Å². The standard InChI is InChI=1S/C16H15BrClNO2/c17-12-3-6-15(16(7-12)21-14-8-19-9-14)20-10-11-1-4-13(18)5-2-11/h1-7,14,19H,8-10H2. The average molecular weight is 369 g/mol. The maximum Gasteiger partial charge on any atom is 0.162 e. The average Bonchev–Trinajstić information content (AvgIpc) is 2.44. The molecule has 2 aromatic rings. The van der Waals surface area contributed by atoms with E-state index >= 15 is 0 Å². The van der Waals surface area contributed by atoms with E-state index in [4.69, 9.17) is 21.1 Å². The molecule has 2 aromatic carbocycles. The van der Waals surface area contributed by atoms with E-state index in [0.717, 1.165) is 39.6 Å². The number of benzene rings is 2. The van der Waals surface area contributed by atoms with Crippen molar-refractivity contribution in [2.75, 3.05) is 13.1 Å². The lowest BCUT2D eigenvalue weighted by molar-refractivity contribution is 0.134. The van der Waals surface area contributed by atoms with E-state index in [1.165, 1.54) is 0 Å². The SMILES string of the molecule is Clc1ccc(COc2ccc(Br)cc2OC2CNC2)cc1. The largest absolute Gasteiger partial charge is 0.485 e. The summed E-state index contributed by atoms with van der Waals surface area (Å²) in [5.74, 6) is 1.52. The molecule has 0 atom stereocenters. The lowest BCUT2D eigenvalue weighted by atomic mass is 10.2. The summed E-state index contributed by atoms with van der Waals surface area (Å²) in [6, 6.07) is 13.4. The molecular weight excluding hydrogens is 354 g/mol. The molecule has 0 bridgehead atoms. The molecule has 110 valence electrons. The van der Waals surface area contributed by atoms with Crippen LogP contribution < -0.4 is 14.8 Å². The number of nitrogens with one attached hydrogen (secondary N) is 1. The van der Waals surface area contributed by atoms with Gasteiger partial charge in [-0.1, -0.05) is 39.7 Å². The minimum Gasteiger partial charge on any atom is -0.485 e. The Bertz CT molecular complexity index is 614. The van der Waals surface area contributed by atoms with E-state index in [0.29, 0.717) is 6.61 Å². The molecule has 3 nitrogen and oxygen atoms in total. The second-order valence-electron chi connectivity index (χ2n) is 4.90. The lowest BCUT2D eigenvalue weighted by Crippen LogP contribution is -2.50. The van der Waals surface area contributed by atoms with Gasteiger partial charge in [0.05, 0.1) is 0 Å². The summed E-state index contributed by atoms with van der Waals surface area (Å²) in [6.07, 6.45) is 0.220. The first-order valence-corrected chi connectivity index (χ1v) is 7.92. The number of hydrogen-bond acceptors (Lipinski definition) is 3. The summed E-state index contributed by atoms with van der Waals surface area (Å²) >= 11 is 9.34. The van der Waals surface area contributed by atoms with Crippen molar-refractivity contribution in [3.8, 4) is 11.5 Å². The van der Waals surface area contributed by atoms with E-state index in [2.05, 4.69) is 21.2 Å². The predicted molar refractivity (Wildman–Crippen MR) is 87.2 cm³/mol. The highest BCUT2D eigenvalue weighted by molar-refractivity contribution is 9.10. The van der Waals surface area contributed by atoms with Crippen LogP contribution in [0.1, 0.15) is 5.56 Å². The fraction of sp³-hybridized carbons (Fsp3) is 0.250. The van der Waals surface area contributed by atoms with E-state index in [1.807, 2.05) is 42.5 Å². The van der Waals surface area contributed by atoms with E-state index in [9.17, 15) is 0 Å². The van der Waals surface area contributed by atoms with Crippen molar-refractivity contribution in [2.24, 2.45) is 0 Å². The van der Waals surface area contributed by atoms with Crippen LogP contribution in [0.2, 0.25) is 5.02 Å². The van der Waals surface area contributed by atoms with Crippen LogP contribution >= 0.6 is 27.5 Å². The summed E-state index contributed by atoms with van der Waals surface area (Å²) in [7, 11) is 0. The second kappa shape index (κ2) is 6.69. The van der Waals surface area contributed by atoms with Crippen LogP contribution in [0, 0.1) is 0 Å². The van der Waals surface area contributed by atoms with Gasteiger partial charge >= 0.3 is 0 Å². The number of halogens is 2. The molecule has 0 radical (unpaired) electrons. The van der Waals surface area contributed by atoms with Gasteiger partial charge < -0.3 is 14.8 Å². The van der Waals surface area contributed by atoms with Gasteiger partial charge in [0.2, 0.25) is 0 Å². The highest BCUT2D eigenvalue weighted by atomic mass is 79.9. The summed E-state index contributed by atoms with van der Waals surface area (Å²) in [6.45, 7) is 2.24. The Labute approximate surface area is 137 Å². The van der Waals surface area contributed by atoms with Crippen molar-refractivity contribution in [1.29, 1.82) is 0 Å². The Balaban J connectivity index is 1.69. The molecule has 0 spiro atoms. The number of hydrogen-bond donors (Lipinski definition) is 1. The maximum atomic E-state index is 5.93. The Hall–Kier alpha value is -1.23. The Morgan fingerprint density at radius 2 is 1.86 bits per heavy atom. The fourth-order valence-electron chi connectivity index (χ4n) is 1.96. The molecule has 1 aliphatic rings. The summed E-state index contributed by atoms with van der Waals surface area (Å²) in [5.41, 5.74) is 1.07. The quantitative estimate of drug-likeness (QED) is 0.864. The smallest absolute Gasteiger partial charge is 0.162 e. The minimum absolute atomic E-state index is 0.220. The molecule has 0 unspecified atom stereocenters. The summed E-state index contributed by atoms with van der Waals surface area (Å²) in [4.78, 5) is 0. The number of ether oxygens (including phenoxy) is 2. The molecule has 5 heteroatoms. The molecule has 1 N–H and O–H groups in total. The van der Waals surface area contributed by atoms with Crippen molar-refractivity contribution in [1.82, 2.24) is 5.32 Å². The lowest BCUT2D eigenvalue weighted by Gasteiger charge is -2.28. The molecule has 1 aliphatic heterocycles. The molecule has 3 rings (SSSR count). The third-order valence-electron chi connectivity index (χ3n) is 3.25. The van der Waals surface area contributed by atoms with Gasteiger partial charge in [0.1, 0.15) is 12.7 Å². The third kappa shape index (κ3) is 3.90. The Morgan fingerprint density at radius 3 is 2.52 bits per heavy atom. The second-order valence-corrected chi connectivity index (χ2v) is 6.26. The molecular formula is C16H15BrClNO2. The zero-order valence-electron chi connectivity index (χ0n) is 11.3. The first-order valence-electron chi connectivity index (χ1n) is 6.75. The van der Waals surface area contributed by atoms with Crippen LogP contribution in [-0.4, -0.2) is 19.2 Å². The van der Waals surface area contributed by atoms with E-state index < -0.39 is 0 Å². The summed E-state index contributed by atoms with van der Waals surface area (Å²) < 4.78 is 12.8. The van der Waals surface area contributed by atoms with Gasteiger partial charge in [-0.15, -0.1) is 0 Å². The maximum absolute atomic E-state index is 5.93. The fourth-order valence-corrected chi connectivity index (χ4v) is 2.43.